The number of alkyl halides is 2. The van der Waals surface area contributed by atoms with Gasteiger partial charge in [-0.1, -0.05) is 0 Å². The number of nitrogen functional groups attached to an aromatic ring is 1. The lowest BCUT2D eigenvalue weighted by atomic mass is 10.1. The molecule has 0 spiro atoms. The zero-order chi connectivity index (χ0) is 13.2. The van der Waals surface area contributed by atoms with Gasteiger partial charge >= 0.3 is 0 Å². The Labute approximate surface area is 98.9 Å². The number of nitrogens with one attached hydrogen (secondary N) is 1. The summed E-state index contributed by atoms with van der Waals surface area (Å²) in [5.74, 6) is 0. The Morgan fingerprint density at radius 1 is 1.35 bits per heavy atom. The zero-order valence-corrected chi connectivity index (χ0v) is 10.3. The van der Waals surface area contributed by atoms with Gasteiger partial charge in [0.1, 0.15) is 0 Å². The van der Waals surface area contributed by atoms with Crippen LogP contribution >= 0.6 is 0 Å². The van der Waals surface area contributed by atoms with Crippen molar-refractivity contribution < 1.29 is 17.2 Å². The number of aryl methyl sites for hydroxylation is 1. The van der Waals surface area contributed by atoms with Gasteiger partial charge in [-0.3, -0.25) is 0 Å². The van der Waals surface area contributed by atoms with Crippen molar-refractivity contribution in [1.82, 2.24) is 4.72 Å². The third-order valence-electron chi connectivity index (χ3n) is 2.36. The van der Waals surface area contributed by atoms with E-state index < -0.39 is 23.0 Å². The minimum Gasteiger partial charge on any atom is -0.399 e. The predicted molar refractivity (Wildman–Crippen MR) is 61.5 cm³/mol. The van der Waals surface area contributed by atoms with E-state index in [1.165, 1.54) is 6.07 Å². The van der Waals surface area contributed by atoms with Crippen LogP contribution in [0.5, 0.6) is 0 Å². The van der Waals surface area contributed by atoms with Crippen molar-refractivity contribution in [3.63, 3.8) is 0 Å². The maximum absolute atomic E-state index is 12.0. The van der Waals surface area contributed by atoms with Crippen LogP contribution in [0.4, 0.5) is 14.5 Å². The number of halogens is 2. The molecule has 1 aromatic rings. The molecule has 1 rings (SSSR count). The highest BCUT2D eigenvalue weighted by Crippen LogP contribution is 2.22. The van der Waals surface area contributed by atoms with E-state index in [1.807, 2.05) is 4.72 Å². The number of benzene rings is 1. The summed E-state index contributed by atoms with van der Waals surface area (Å²) in [5.41, 5.74) is 7.02. The van der Waals surface area contributed by atoms with Crippen LogP contribution in [-0.2, 0) is 10.0 Å². The average molecular weight is 264 g/mol. The van der Waals surface area contributed by atoms with E-state index in [-0.39, 0.29) is 10.6 Å². The molecular formula is C10H14F2N2O2S. The molecule has 0 saturated carbocycles. The highest BCUT2D eigenvalue weighted by molar-refractivity contribution is 7.89. The number of hydrogen-bond acceptors (Lipinski definition) is 3. The first kappa shape index (κ1) is 13.9. The maximum Gasteiger partial charge on any atom is 0.251 e. The second kappa shape index (κ2) is 4.97. The maximum atomic E-state index is 12.0. The lowest BCUT2D eigenvalue weighted by Crippen LogP contribution is -2.29. The third kappa shape index (κ3) is 3.37. The summed E-state index contributed by atoms with van der Waals surface area (Å²) in [7, 11) is -3.94. The molecule has 0 saturated heterocycles. The molecule has 0 bridgehead atoms. The molecule has 0 aliphatic heterocycles. The van der Waals surface area contributed by atoms with Crippen LogP contribution in [0.1, 0.15) is 11.1 Å². The Bertz CT molecular complexity index is 515. The average Bonchev–Trinajstić information content (AvgIpc) is 2.20. The van der Waals surface area contributed by atoms with E-state index in [9.17, 15) is 17.2 Å². The fourth-order valence-corrected chi connectivity index (χ4v) is 2.74. The highest BCUT2D eigenvalue weighted by Gasteiger charge is 2.19. The lowest BCUT2D eigenvalue weighted by molar-refractivity contribution is 0.153. The van der Waals surface area contributed by atoms with E-state index in [1.54, 1.807) is 19.9 Å². The summed E-state index contributed by atoms with van der Waals surface area (Å²) in [5, 5.41) is 0. The lowest BCUT2D eigenvalue weighted by Gasteiger charge is -2.11. The zero-order valence-electron chi connectivity index (χ0n) is 9.50. The fourth-order valence-electron chi connectivity index (χ4n) is 1.38. The molecule has 0 aliphatic carbocycles. The number of sulfonamides is 1. The molecule has 0 unspecified atom stereocenters. The molecule has 0 atom stereocenters. The summed E-state index contributed by atoms with van der Waals surface area (Å²) >= 11 is 0. The summed E-state index contributed by atoms with van der Waals surface area (Å²) in [6, 6.07) is 2.89. The van der Waals surface area contributed by atoms with Crippen LogP contribution in [0.15, 0.2) is 17.0 Å². The first-order valence-corrected chi connectivity index (χ1v) is 6.37. The monoisotopic (exact) mass is 264 g/mol. The number of nitrogens with two attached hydrogens (primary N) is 1. The summed E-state index contributed by atoms with van der Waals surface area (Å²) in [4.78, 5) is -0.0596. The van der Waals surface area contributed by atoms with Gasteiger partial charge in [0.2, 0.25) is 10.0 Å². The van der Waals surface area contributed by atoms with Crippen LogP contribution in [-0.4, -0.2) is 21.4 Å². The third-order valence-corrected chi connectivity index (χ3v) is 3.91. The minimum atomic E-state index is -3.94. The van der Waals surface area contributed by atoms with Crippen molar-refractivity contribution in [2.45, 2.75) is 25.2 Å². The van der Waals surface area contributed by atoms with Gasteiger partial charge in [0.05, 0.1) is 11.4 Å². The molecule has 0 heterocycles. The summed E-state index contributed by atoms with van der Waals surface area (Å²) < 4.78 is 49.3. The molecule has 3 N–H and O–H groups in total. The second-order valence-electron chi connectivity index (χ2n) is 3.70. The molecule has 1 aromatic carbocycles. The molecule has 0 aliphatic rings. The standard InChI is InChI=1S/C10H14F2N2O2S/c1-6-3-8(13)4-9(7(6)2)17(15,16)14-5-10(11)12/h3-4,10,14H,5,13H2,1-2H3. The summed E-state index contributed by atoms with van der Waals surface area (Å²) in [6.07, 6.45) is -2.73. The van der Waals surface area contributed by atoms with Crippen LogP contribution in [0.25, 0.3) is 0 Å². The van der Waals surface area contributed by atoms with Gasteiger partial charge in [-0.15, -0.1) is 0 Å². The van der Waals surface area contributed by atoms with Gasteiger partial charge in [0, 0.05) is 5.69 Å². The topological polar surface area (TPSA) is 72.2 Å². The predicted octanol–water partition coefficient (Wildman–Crippen LogP) is 1.43. The molecule has 96 valence electrons. The van der Waals surface area contributed by atoms with E-state index in [2.05, 4.69) is 0 Å². The smallest absolute Gasteiger partial charge is 0.251 e. The van der Waals surface area contributed by atoms with E-state index >= 15 is 0 Å². The van der Waals surface area contributed by atoms with Crippen LogP contribution < -0.4 is 10.5 Å². The van der Waals surface area contributed by atoms with E-state index in [0.717, 1.165) is 0 Å². The fraction of sp³-hybridized carbons (Fsp3) is 0.400. The molecule has 0 amide bonds. The van der Waals surface area contributed by atoms with Gasteiger partial charge in [-0.05, 0) is 37.1 Å². The Morgan fingerprint density at radius 2 is 1.94 bits per heavy atom. The highest BCUT2D eigenvalue weighted by atomic mass is 32.2. The van der Waals surface area contributed by atoms with Gasteiger partial charge in [-0.25, -0.2) is 21.9 Å². The molecule has 0 radical (unpaired) electrons. The Hall–Kier alpha value is -1.21. The van der Waals surface area contributed by atoms with E-state index in [4.69, 9.17) is 5.73 Å². The van der Waals surface area contributed by atoms with E-state index in [0.29, 0.717) is 11.1 Å². The van der Waals surface area contributed by atoms with Crippen LogP contribution in [0, 0.1) is 13.8 Å². The summed E-state index contributed by atoms with van der Waals surface area (Å²) in [6.45, 7) is 2.40. The minimum absolute atomic E-state index is 0.0596. The van der Waals surface area contributed by atoms with Gasteiger partial charge < -0.3 is 5.73 Å². The SMILES string of the molecule is Cc1cc(N)cc(S(=O)(=O)NCC(F)F)c1C. The Morgan fingerprint density at radius 3 is 2.47 bits per heavy atom. The number of hydrogen-bond donors (Lipinski definition) is 2. The van der Waals surface area contributed by atoms with Crippen LogP contribution in [0.2, 0.25) is 0 Å². The second-order valence-corrected chi connectivity index (χ2v) is 5.44. The largest absolute Gasteiger partial charge is 0.399 e. The molecule has 7 heteroatoms. The van der Waals surface area contributed by atoms with Crippen molar-refractivity contribution in [2.24, 2.45) is 0 Å². The normalized spacial score (nSPS) is 12.1. The van der Waals surface area contributed by atoms with Crippen molar-refractivity contribution in [1.29, 1.82) is 0 Å². The van der Waals surface area contributed by atoms with Gasteiger partial charge in [0.25, 0.3) is 6.43 Å². The van der Waals surface area contributed by atoms with Crippen LogP contribution in [0.3, 0.4) is 0 Å². The molecule has 17 heavy (non-hydrogen) atoms. The Balaban J connectivity index is 3.15. The van der Waals surface area contributed by atoms with Gasteiger partial charge in [0.15, 0.2) is 0 Å². The molecule has 0 aromatic heterocycles. The molecular weight excluding hydrogens is 250 g/mol. The van der Waals surface area contributed by atoms with Gasteiger partial charge in [-0.2, -0.15) is 0 Å². The molecule has 4 nitrogen and oxygen atoms in total. The first-order valence-electron chi connectivity index (χ1n) is 4.88. The van der Waals surface area contributed by atoms with Crippen molar-refractivity contribution in [2.75, 3.05) is 12.3 Å². The van der Waals surface area contributed by atoms with Crippen molar-refractivity contribution in [3.05, 3.63) is 23.3 Å². The molecule has 0 fully saturated rings. The number of anilines is 1. The Kier molecular flexibility index (Phi) is 4.05. The first-order chi connectivity index (χ1) is 7.74. The quantitative estimate of drug-likeness (QED) is 0.808. The number of rotatable bonds is 4. The van der Waals surface area contributed by atoms with Crippen molar-refractivity contribution in [3.8, 4) is 0 Å². The van der Waals surface area contributed by atoms with Crippen molar-refractivity contribution >= 4 is 15.7 Å².